The number of anilines is 1. The molecule has 0 radical (unpaired) electrons. The van der Waals surface area contributed by atoms with Gasteiger partial charge in [0.15, 0.2) is 0 Å². The molecule has 0 saturated heterocycles. The monoisotopic (exact) mass is 511 g/mol. The minimum Gasteiger partial charge on any atom is -0.327 e. The van der Waals surface area contributed by atoms with Crippen LogP contribution in [0, 0.1) is 17.0 Å². The first-order chi connectivity index (χ1) is 16.8. The van der Waals surface area contributed by atoms with E-state index in [4.69, 9.17) is 16.7 Å². The topological polar surface area (TPSA) is 110 Å². The summed E-state index contributed by atoms with van der Waals surface area (Å²) in [4.78, 5) is 38.1. The Labute approximate surface area is 215 Å². The lowest BCUT2D eigenvalue weighted by molar-refractivity contribution is -0.384. The molecule has 3 aromatic rings. The Morgan fingerprint density at radius 3 is 2.39 bits per heavy atom. The maximum Gasteiger partial charge on any atom is 0.270 e. The average Bonchev–Trinajstić information content (AvgIpc) is 3.21. The molecule has 1 N–H and O–H groups in total. The van der Waals surface area contributed by atoms with Crippen molar-refractivity contribution >= 4 is 34.9 Å². The molecule has 0 fully saturated rings. The predicted molar refractivity (Wildman–Crippen MR) is 140 cm³/mol. The first-order valence-corrected chi connectivity index (χ1v) is 11.9. The summed E-state index contributed by atoms with van der Waals surface area (Å²) >= 11 is 6.17. The van der Waals surface area contributed by atoms with Gasteiger partial charge >= 0.3 is 0 Å². The molecule has 0 saturated carbocycles. The van der Waals surface area contributed by atoms with E-state index in [2.05, 4.69) is 5.32 Å². The second kappa shape index (κ2) is 10.5. The van der Waals surface area contributed by atoms with Gasteiger partial charge < -0.3 is 10.2 Å². The molecule has 190 valence electrons. The summed E-state index contributed by atoms with van der Waals surface area (Å²) in [6, 6.07) is 12.9. The highest BCUT2D eigenvalue weighted by molar-refractivity contribution is 6.34. The normalized spacial score (nSPS) is 11.4. The van der Waals surface area contributed by atoms with Gasteiger partial charge in [-0.3, -0.25) is 19.7 Å². The predicted octanol–water partition coefficient (Wildman–Crippen LogP) is 5.53. The number of nitro groups is 1. The number of hydrogen-bond acceptors (Lipinski definition) is 5. The number of aromatic nitrogens is 2. The summed E-state index contributed by atoms with van der Waals surface area (Å²) in [5, 5.41) is 18.6. The third-order valence-electron chi connectivity index (χ3n) is 5.68. The second-order valence-corrected chi connectivity index (χ2v) is 10.3. The van der Waals surface area contributed by atoms with Crippen LogP contribution in [0.15, 0.2) is 48.5 Å². The van der Waals surface area contributed by atoms with Gasteiger partial charge in [0.25, 0.3) is 11.6 Å². The fraction of sp³-hybridized carbons (Fsp3) is 0.346. The number of amides is 2. The lowest BCUT2D eigenvalue weighted by Gasteiger charge is -2.26. The molecule has 9 nitrogen and oxygen atoms in total. The Balaban J connectivity index is 1.89. The minimum absolute atomic E-state index is 0.0484. The van der Waals surface area contributed by atoms with Gasteiger partial charge in [-0.05, 0) is 38.5 Å². The molecule has 2 amide bonds. The van der Waals surface area contributed by atoms with E-state index in [9.17, 15) is 19.7 Å². The molecule has 10 heteroatoms. The fourth-order valence-electron chi connectivity index (χ4n) is 3.59. The van der Waals surface area contributed by atoms with Crippen LogP contribution in [0.1, 0.15) is 56.2 Å². The van der Waals surface area contributed by atoms with Crippen LogP contribution in [0.3, 0.4) is 0 Å². The molecule has 0 aliphatic heterocycles. The molecule has 0 aliphatic rings. The van der Waals surface area contributed by atoms with Crippen LogP contribution in [-0.2, 0) is 10.2 Å². The van der Waals surface area contributed by atoms with Crippen LogP contribution >= 0.6 is 11.6 Å². The second-order valence-electron chi connectivity index (χ2n) is 9.86. The van der Waals surface area contributed by atoms with E-state index < -0.39 is 16.7 Å². The zero-order valence-corrected chi connectivity index (χ0v) is 22.0. The quantitative estimate of drug-likeness (QED) is 0.331. The molecule has 0 bridgehead atoms. The third-order valence-corrected chi connectivity index (χ3v) is 5.99. The van der Waals surface area contributed by atoms with Crippen molar-refractivity contribution in [3.63, 3.8) is 0 Å². The number of nitro benzene ring substituents is 1. The Hall–Kier alpha value is -3.72. The minimum atomic E-state index is -0.586. The van der Waals surface area contributed by atoms with Crippen molar-refractivity contribution in [1.29, 1.82) is 0 Å². The summed E-state index contributed by atoms with van der Waals surface area (Å²) in [5.41, 5.74) is 2.24. The standard InChI is InChI=1S/C26H30ClN5O4/c1-16(2)30(25(34)19-12-11-18(32(35)36)13-20(19)27)15-24(33)28-23-14-22(26(4,5)6)29-31(23)21-10-8-7-9-17(21)3/h7-14,16H,15H2,1-6H3,(H,28,33). The number of hydrogen-bond donors (Lipinski definition) is 1. The van der Waals surface area contributed by atoms with E-state index in [0.29, 0.717) is 5.82 Å². The van der Waals surface area contributed by atoms with Crippen LogP contribution in [0.4, 0.5) is 11.5 Å². The molecular weight excluding hydrogens is 482 g/mol. The van der Waals surface area contributed by atoms with Crippen LogP contribution in [0.25, 0.3) is 5.69 Å². The zero-order valence-electron chi connectivity index (χ0n) is 21.2. The van der Waals surface area contributed by atoms with Gasteiger partial charge in [0, 0.05) is 29.7 Å². The van der Waals surface area contributed by atoms with E-state index in [-0.39, 0.29) is 34.3 Å². The molecular formula is C26H30ClN5O4. The lowest BCUT2D eigenvalue weighted by Crippen LogP contribution is -2.42. The van der Waals surface area contributed by atoms with E-state index in [0.717, 1.165) is 23.0 Å². The molecule has 0 unspecified atom stereocenters. The SMILES string of the molecule is Cc1ccccc1-n1nc(C(C)(C)C)cc1NC(=O)CN(C(=O)c1ccc([N+](=O)[O-])cc1Cl)C(C)C. The molecule has 1 heterocycles. The summed E-state index contributed by atoms with van der Waals surface area (Å²) in [7, 11) is 0. The van der Waals surface area contributed by atoms with Crippen molar-refractivity contribution in [3.8, 4) is 5.69 Å². The average molecular weight is 512 g/mol. The number of rotatable bonds is 7. The zero-order chi connectivity index (χ0) is 26.8. The lowest BCUT2D eigenvalue weighted by atomic mass is 9.92. The number of nitrogens with zero attached hydrogens (tertiary/aromatic N) is 4. The number of nitrogens with one attached hydrogen (secondary N) is 1. The van der Waals surface area contributed by atoms with Crippen molar-refractivity contribution in [1.82, 2.24) is 14.7 Å². The van der Waals surface area contributed by atoms with E-state index >= 15 is 0 Å². The van der Waals surface area contributed by atoms with Gasteiger partial charge in [-0.25, -0.2) is 4.68 Å². The summed E-state index contributed by atoms with van der Waals surface area (Å²) < 4.78 is 1.70. The first kappa shape index (κ1) is 26.9. The van der Waals surface area contributed by atoms with Gasteiger partial charge in [0.2, 0.25) is 5.91 Å². The number of non-ortho nitro benzene ring substituents is 1. The van der Waals surface area contributed by atoms with E-state index in [1.807, 2.05) is 58.0 Å². The first-order valence-electron chi connectivity index (χ1n) is 11.5. The fourth-order valence-corrected chi connectivity index (χ4v) is 3.85. The van der Waals surface area contributed by atoms with Crippen LogP contribution in [0.2, 0.25) is 5.02 Å². The van der Waals surface area contributed by atoms with Crippen molar-refractivity contribution in [2.75, 3.05) is 11.9 Å². The van der Waals surface area contributed by atoms with Crippen LogP contribution < -0.4 is 5.32 Å². The largest absolute Gasteiger partial charge is 0.327 e. The summed E-state index contributed by atoms with van der Waals surface area (Å²) in [6.07, 6.45) is 0. The Morgan fingerprint density at radius 1 is 1.17 bits per heavy atom. The van der Waals surface area contributed by atoms with Gasteiger partial charge in [-0.15, -0.1) is 0 Å². The molecule has 1 aromatic heterocycles. The van der Waals surface area contributed by atoms with Gasteiger partial charge in [-0.1, -0.05) is 50.6 Å². The van der Waals surface area contributed by atoms with Crippen LogP contribution in [-0.4, -0.2) is 44.0 Å². The Morgan fingerprint density at radius 2 is 1.83 bits per heavy atom. The molecule has 2 aromatic carbocycles. The number of halogens is 1. The Kier molecular flexibility index (Phi) is 7.83. The van der Waals surface area contributed by atoms with Crippen LogP contribution in [0.5, 0.6) is 0 Å². The number of aryl methyl sites for hydroxylation is 1. The molecule has 0 aliphatic carbocycles. The Bertz CT molecular complexity index is 1310. The molecule has 36 heavy (non-hydrogen) atoms. The van der Waals surface area contributed by atoms with E-state index in [1.54, 1.807) is 18.5 Å². The highest BCUT2D eigenvalue weighted by Gasteiger charge is 2.26. The van der Waals surface area contributed by atoms with Crippen molar-refractivity contribution < 1.29 is 14.5 Å². The number of para-hydroxylation sites is 1. The van der Waals surface area contributed by atoms with Crippen molar-refractivity contribution in [2.45, 2.75) is 53.0 Å². The molecule has 0 spiro atoms. The number of carbonyl (C=O) groups is 2. The number of carbonyl (C=O) groups excluding carboxylic acids is 2. The maximum absolute atomic E-state index is 13.2. The highest BCUT2D eigenvalue weighted by atomic mass is 35.5. The smallest absolute Gasteiger partial charge is 0.270 e. The van der Waals surface area contributed by atoms with Gasteiger partial charge in [0.1, 0.15) is 12.4 Å². The third kappa shape index (κ3) is 5.91. The molecule has 3 rings (SSSR count). The van der Waals surface area contributed by atoms with Crippen molar-refractivity contribution in [3.05, 3.63) is 80.5 Å². The summed E-state index contributed by atoms with van der Waals surface area (Å²) in [6.45, 7) is 11.4. The highest BCUT2D eigenvalue weighted by Crippen LogP contribution is 2.28. The maximum atomic E-state index is 13.2. The van der Waals surface area contributed by atoms with Gasteiger partial charge in [-0.2, -0.15) is 5.10 Å². The van der Waals surface area contributed by atoms with Gasteiger partial charge in [0.05, 0.1) is 26.9 Å². The molecule has 0 atom stereocenters. The van der Waals surface area contributed by atoms with E-state index in [1.165, 1.54) is 17.0 Å². The number of benzene rings is 2. The van der Waals surface area contributed by atoms with Crippen molar-refractivity contribution in [2.24, 2.45) is 0 Å². The summed E-state index contributed by atoms with van der Waals surface area (Å²) in [5.74, 6) is -0.420.